The zero-order chi connectivity index (χ0) is 16.8. The van der Waals surface area contributed by atoms with E-state index in [0.717, 1.165) is 22.5 Å². The van der Waals surface area contributed by atoms with Crippen molar-refractivity contribution in [2.45, 2.75) is 12.5 Å². The molecule has 1 aromatic carbocycles. The van der Waals surface area contributed by atoms with Gasteiger partial charge >= 0.3 is 0 Å². The maximum atomic E-state index is 11.7. The molecule has 1 atom stereocenters. The summed E-state index contributed by atoms with van der Waals surface area (Å²) in [5.74, 6) is -0.392. The molecule has 0 aliphatic heterocycles. The summed E-state index contributed by atoms with van der Waals surface area (Å²) in [5, 5.41) is 3.16. The van der Waals surface area contributed by atoms with Gasteiger partial charge in [-0.15, -0.1) is 0 Å². The maximum absolute atomic E-state index is 11.7. The molecule has 120 valence electrons. The molecule has 0 saturated heterocycles. The Bertz CT molecular complexity index is 789. The summed E-state index contributed by atoms with van der Waals surface area (Å²) >= 11 is 0. The number of hydrogen-bond acceptors (Lipinski definition) is 4. The van der Waals surface area contributed by atoms with E-state index < -0.39 is 11.9 Å². The topological polar surface area (TPSA) is 80.9 Å². The molecule has 0 spiro atoms. The molecular formula is C19H18N4O. The van der Waals surface area contributed by atoms with Crippen LogP contribution in [0.4, 0.5) is 5.69 Å². The van der Waals surface area contributed by atoms with Crippen molar-refractivity contribution in [1.29, 1.82) is 0 Å². The number of benzene rings is 1. The lowest BCUT2D eigenvalue weighted by atomic mass is 10.1. The molecule has 1 amide bonds. The van der Waals surface area contributed by atoms with Crippen molar-refractivity contribution in [2.24, 2.45) is 5.73 Å². The minimum atomic E-state index is -0.485. The van der Waals surface area contributed by atoms with Crippen LogP contribution in [0.5, 0.6) is 0 Å². The molecule has 24 heavy (non-hydrogen) atoms. The Morgan fingerprint density at radius 1 is 1.04 bits per heavy atom. The summed E-state index contributed by atoms with van der Waals surface area (Å²) in [5.41, 5.74) is 9.17. The zero-order valence-corrected chi connectivity index (χ0v) is 13.1. The molecule has 0 fully saturated rings. The molecule has 5 nitrogen and oxygen atoms in total. The van der Waals surface area contributed by atoms with Gasteiger partial charge in [-0.2, -0.15) is 0 Å². The van der Waals surface area contributed by atoms with Crippen LogP contribution in [0.3, 0.4) is 0 Å². The lowest BCUT2D eigenvalue weighted by molar-refractivity contribution is -0.118. The first-order valence-corrected chi connectivity index (χ1v) is 7.68. The molecular weight excluding hydrogens is 300 g/mol. The predicted octanol–water partition coefficient (Wildman–Crippen LogP) is 2.65. The molecule has 0 aliphatic carbocycles. The summed E-state index contributed by atoms with van der Waals surface area (Å²) in [6.07, 6.45) is 5.69. The molecule has 0 aliphatic rings. The smallest absolute Gasteiger partial charge is 0.240 e. The highest BCUT2D eigenvalue weighted by atomic mass is 16.1. The van der Waals surface area contributed by atoms with Crippen LogP contribution in [-0.4, -0.2) is 21.9 Å². The number of pyridine rings is 2. The second-order valence-electron chi connectivity index (χ2n) is 5.46. The fraction of sp³-hybridized carbons (Fsp3) is 0.105. The highest BCUT2D eigenvalue weighted by molar-refractivity contribution is 5.83. The second kappa shape index (κ2) is 7.37. The Morgan fingerprint density at radius 2 is 1.79 bits per heavy atom. The van der Waals surface area contributed by atoms with Crippen molar-refractivity contribution in [3.63, 3.8) is 0 Å². The van der Waals surface area contributed by atoms with Crippen LogP contribution in [0.2, 0.25) is 0 Å². The number of anilines is 1. The summed E-state index contributed by atoms with van der Waals surface area (Å²) in [6, 6.07) is 16.9. The number of primary amides is 1. The molecule has 3 rings (SSSR count). The SMILES string of the molecule is NC(=O)[C@H](Cc1ccccc1)Nc1ccc(-c2ccncc2)nc1. The Morgan fingerprint density at radius 3 is 2.42 bits per heavy atom. The average Bonchev–Trinajstić information content (AvgIpc) is 2.63. The monoisotopic (exact) mass is 318 g/mol. The number of amides is 1. The Hall–Kier alpha value is -3.21. The van der Waals surface area contributed by atoms with Crippen molar-refractivity contribution < 1.29 is 4.79 Å². The van der Waals surface area contributed by atoms with Crippen molar-refractivity contribution in [1.82, 2.24) is 9.97 Å². The highest BCUT2D eigenvalue weighted by Gasteiger charge is 2.15. The van der Waals surface area contributed by atoms with Gasteiger partial charge in [0.25, 0.3) is 0 Å². The summed E-state index contributed by atoms with van der Waals surface area (Å²) < 4.78 is 0. The van der Waals surface area contributed by atoms with Crippen molar-refractivity contribution in [3.05, 3.63) is 78.8 Å². The number of carbonyl (C=O) groups excluding carboxylic acids is 1. The quantitative estimate of drug-likeness (QED) is 0.732. The van der Waals surface area contributed by atoms with E-state index in [1.54, 1.807) is 18.6 Å². The lowest BCUT2D eigenvalue weighted by Crippen LogP contribution is -2.37. The number of nitrogens with zero attached hydrogens (tertiary/aromatic N) is 2. The molecule has 0 radical (unpaired) electrons. The fourth-order valence-corrected chi connectivity index (χ4v) is 2.45. The number of nitrogens with two attached hydrogens (primary N) is 1. The fourth-order valence-electron chi connectivity index (χ4n) is 2.45. The van der Waals surface area contributed by atoms with E-state index in [1.165, 1.54) is 0 Å². The van der Waals surface area contributed by atoms with E-state index in [9.17, 15) is 4.79 Å². The molecule has 0 unspecified atom stereocenters. The number of carbonyl (C=O) groups is 1. The summed E-state index contributed by atoms with van der Waals surface area (Å²) in [4.78, 5) is 20.2. The first-order valence-electron chi connectivity index (χ1n) is 7.68. The highest BCUT2D eigenvalue weighted by Crippen LogP contribution is 2.18. The van der Waals surface area contributed by atoms with E-state index >= 15 is 0 Å². The standard InChI is InChI=1S/C19H18N4O/c20-19(24)18(12-14-4-2-1-3-5-14)23-16-6-7-17(22-13-16)15-8-10-21-11-9-15/h1-11,13,18,23H,12H2,(H2,20,24)/t18-/m0/s1. The number of aromatic nitrogens is 2. The van der Waals surface area contributed by atoms with Crippen LogP contribution in [-0.2, 0) is 11.2 Å². The van der Waals surface area contributed by atoms with Crippen LogP contribution < -0.4 is 11.1 Å². The van der Waals surface area contributed by atoms with Crippen molar-refractivity contribution in [2.75, 3.05) is 5.32 Å². The van der Waals surface area contributed by atoms with Gasteiger partial charge in [0.2, 0.25) is 5.91 Å². The first-order chi connectivity index (χ1) is 11.7. The number of rotatable bonds is 6. The van der Waals surface area contributed by atoms with Gasteiger partial charge in [-0.3, -0.25) is 14.8 Å². The lowest BCUT2D eigenvalue weighted by Gasteiger charge is -2.17. The van der Waals surface area contributed by atoms with Crippen LogP contribution in [0.15, 0.2) is 73.2 Å². The Kier molecular flexibility index (Phi) is 4.81. The van der Waals surface area contributed by atoms with Crippen LogP contribution in [0.1, 0.15) is 5.56 Å². The van der Waals surface area contributed by atoms with Gasteiger partial charge < -0.3 is 11.1 Å². The van der Waals surface area contributed by atoms with Crippen molar-refractivity contribution >= 4 is 11.6 Å². The number of nitrogens with one attached hydrogen (secondary N) is 1. The van der Waals surface area contributed by atoms with Gasteiger partial charge in [-0.1, -0.05) is 30.3 Å². The van der Waals surface area contributed by atoms with Gasteiger partial charge in [0, 0.05) is 24.4 Å². The van der Waals surface area contributed by atoms with Crippen molar-refractivity contribution in [3.8, 4) is 11.3 Å². The molecule has 0 bridgehead atoms. The van der Waals surface area contributed by atoms with Crippen LogP contribution in [0, 0.1) is 0 Å². The average molecular weight is 318 g/mol. The molecule has 2 heterocycles. The first kappa shape index (κ1) is 15.7. The summed E-state index contributed by atoms with van der Waals surface area (Å²) in [6.45, 7) is 0. The van der Waals surface area contributed by atoms with E-state index in [2.05, 4.69) is 15.3 Å². The minimum absolute atomic E-state index is 0.392. The largest absolute Gasteiger partial charge is 0.372 e. The summed E-state index contributed by atoms with van der Waals surface area (Å²) in [7, 11) is 0. The van der Waals surface area contributed by atoms with Gasteiger partial charge in [0.15, 0.2) is 0 Å². The van der Waals surface area contributed by atoms with Crippen LogP contribution in [0.25, 0.3) is 11.3 Å². The molecule has 3 aromatic rings. The van der Waals surface area contributed by atoms with Gasteiger partial charge in [-0.25, -0.2) is 0 Å². The van der Waals surface area contributed by atoms with Gasteiger partial charge in [0.05, 0.1) is 17.6 Å². The Labute approximate surface area is 140 Å². The second-order valence-corrected chi connectivity index (χ2v) is 5.46. The van der Waals surface area contributed by atoms with E-state index in [-0.39, 0.29) is 0 Å². The van der Waals surface area contributed by atoms with E-state index in [4.69, 9.17) is 5.73 Å². The molecule has 3 N–H and O–H groups in total. The van der Waals surface area contributed by atoms with Crippen LogP contribution >= 0.6 is 0 Å². The predicted molar refractivity (Wildman–Crippen MR) is 94.2 cm³/mol. The third kappa shape index (κ3) is 3.95. The van der Waals surface area contributed by atoms with Gasteiger partial charge in [-0.05, 0) is 29.8 Å². The normalized spacial score (nSPS) is 11.7. The maximum Gasteiger partial charge on any atom is 0.240 e. The molecule has 2 aromatic heterocycles. The van der Waals surface area contributed by atoms with Gasteiger partial charge in [0.1, 0.15) is 6.04 Å². The number of hydrogen-bond donors (Lipinski definition) is 2. The van der Waals surface area contributed by atoms with E-state index in [0.29, 0.717) is 6.42 Å². The minimum Gasteiger partial charge on any atom is -0.372 e. The van der Waals surface area contributed by atoms with E-state index in [1.807, 2.05) is 54.6 Å². The zero-order valence-electron chi connectivity index (χ0n) is 13.1. The molecule has 0 saturated carbocycles. The Balaban J connectivity index is 1.72. The third-order valence-electron chi connectivity index (χ3n) is 3.71. The molecule has 5 heteroatoms. The third-order valence-corrected chi connectivity index (χ3v) is 3.71.